The molecule has 0 radical (unpaired) electrons. The molecular weight excluding hydrogens is 317 g/mol. The van der Waals surface area contributed by atoms with Gasteiger partial charge in [0.2, 0.25) is 0 Å². The van der Waals surface area contributed by atoms with Gasteiger partial charge in [0, 0.05) is 17.1 Å². The number of carbonyl (C=O) groups excluding carboxylic acids is 1. The number of hydrogen-bond acceptors (Lipinski definition) is 3. The molecule has 1 atom stereocenters. The van der Waals surface area contributed by atoms with E-state index in [1.807, 2.05) is 0 Å². The molecule has 1 saturated carbocycles. The minimum Gasteiger partial charge on any atom is -0.482 e. The van der Waals surface area contributed by atoms with E-state index in [2.05, 4.69) is 0 Å². The molecule has 5 nitrogen and oxygen atoms in total. The maximum Gasteiger partial charge on any atom is 0.326 e. The molecular formula is C14H15Cl2NO4. The number of carbonyl (C=O) groups is 2. The number of amides is 1. The van der Waals surface area contributed by atoms with Crippen LogP contribution in [0.2, 0.25) is 10.0 Å². The van der Waals surface area contributed by atoms with E-state index in [4.69, 9.17) is 33.0 Å². The van der Waals surface area contributed by atoms with Crippen LogP contribution >= 0.6 is 23.2 Å². The summed E-state index contributed by atoms with van der Waals surface area (Å²) in [7, 11) is 0. The van der Waals surface area contributed by atoms with Crippen molar-refractivity contribution in [1.29, 1.82) is 0 Å². The van der Waals surface area contributed by atoms with E-state index in [-0.39, 0.29) is 18.6 Å². The van der Waals surface area contributed by atoms with Gasteiger partial charge >= 0.3 is 5.97 Å². The SMILES string of the molecule is CC(C(=O)O)N(C(=O)COc1cc(Cl)ccc1Cl)C1CC1. The Bertz CT molecular complexity index is 560. The molecule has 1 aliphatic carbocycles. The number of halogens is 2. The summed E-state index contributed by atoms with van der Waals surface area (Å²) in [6.45, 7) is 1.22. The summed E-state index contributed by atoms with van der Waals surface area (Å²) in [6, 6.07) is 3.81. The predicted octanol–water partition coefficient (Wildman–Crippen LogP) is 2.84. The van der Waals surface area contributed by atoms with Crippen LogP contribution in [0.15, 0.2) is 18.2 Å². The second-order valence-corrected chi connectivity index (χ2v) is 5.75. The lowest BCUT2D eigenvalue weighted by Gasteiger charge is -2.26. The van der Waals surface area contributed by atoms with Crippen molar-refractivity contribution < 1.29 is 19.4 Å². The van der Waals surface area contributed by atoms with Crippen molar-refractivity contribution in [2.45, 2.75) is 31.8 Å². The third-order valence-electron chi connectivity index (χ3n) is 3.25. The van der Waals surface area contributed by atoms with Crippen LogP contribution < -0.4 is 4.74 Å². The Morgan fingerprint density at radius 1 is 1.43 bits per heavy atom. The van der Waals surface area contributed by atoms with Gasteiger partial charge in [-0.05, 0) is 31.9 Å². The first-order valence-electron chi connectivity index (χ1n) is 6.52. The first-order valence-corrected chi connectivity index (χ1v) is 7.27. The molecule has 1 fully saturated rings. The summed E-state index contributed by atoms with van der Waals surface area (Å²) in [4.78, 5) is 24.6. The highest BCUT2D eigenvalue weighted by atomic mass is 35.5. The van der Waals surface area contributed by atoms with Gasteiger partial charge in [0.25, 0.3) is 5.91 Å². The number of carboxylic acids is 1. The summed E-state index contributed by atoms with van der Waals surface area (Å²) < 4.78 is 5.37. The van der Waals surface area contributed by atoms with Gasteiger partial charge in [0.15, 0.2) is 6.61 Å². The van der Waals surface area contributed by atoms with E-state index in [1.54, 1.807) is 12.1 Å². The monoisotopic (exact) mass is 331 g/mol. The predicted molar refractivity (Wildman–Crippen MR) is 78.9 cm³/mol. The first-order chi connectivity index (χ1) is 9.90. The molecule has 1 unspecified atom stereocenters. The highest BCUT2D eigenvalue weighted by Gasteiger charge is 2.38. The number of aliphatic carboxylic acids is 1. The van der Waals surface area contributed by atoms with Gasteiger partial charge in [0.1, 0.15) is 11.8 Å². The molecule has 0 aromatic heterocycles. The molecule has 1 aromatic rings. The fourth-order valence-electron chi connectivity index (χ4n) is 2.01. The number of nitrogens with zero attached hydrogens (tertiary/aromatic N) is 1. The third-order valence-corrected chi connectivity index (χ3v) is 3.79. The molecule has 0 saturated heterocycles. The Hall–Kier alpha value is -1.46. The zero-order valence-electron chi connectivity index (χ0n) is 11.4. The Morgan fingerprint density at radius 2 is 2.10 bits per heavy atom. The minimum absolute atomic E-state index is 0.0120. The molecule has 0 heterocycles. The van der Waals surface area contributed by atoms with Crippen LogP contribution in [0.3, 0.4) is 0 Å². The van der Waals surface area contributed by atoms with E-state index in [9.17, 15) is 9.59 Å². The van der Waals surface area contributed by atoms with Crippen molar-refractivity contribution in [2.75, 3.05) is 6.61 Å². The van der Waals surface area contributed by atoms with Gasteiger partial charge in [-0.1, -0.05) is 23.2 Å². The number of hydrogen-bond donors (Lipinski definition) is 1. The van der Waals surface area contributed by atoms with Gasteiger partial charge in [-0.3, -0.25) is 4.79 Å². The second-order valence-electron chi connectivity index (χ2n) is 4.91. The van der Waals surface area contributed by atoms with Gasteiger partial charge in [0.05, 0.1) is 5.02 Å². The van der Waals surface area contributed by atoms with Crippen LogP contribution in [0.1, 0.15) is 19.8 Å². The van der Waals surface area contributed by atoms with Crippen molar-refractivity contribution in [3.63, 3.8) is 0 Å². The fraction of sp³-hybridized carbons (Fsp3) is 0.429. The van der Waals surface area contributed by atoms with Crippen LogP contribution in [0.25, 0.3) is 0 Å². The lowest BCUT2D eigenvalue weighted by molar-refractivity contribution is -0.150. The Kier molecular flexibility index (Phi) is 4.96. The van der Waals surface area contributed by atoms with Crippen LogP contribution in [0.5, 0.6) is 5.75 Å². The van der Waals surface area contributed by atoms with E-state index in [0.29, 0.717) is 15.8 Å². The molecule has 2 rings (SSSR count). The van der Waals surface area contributed by atoms with Crippen molar-refractivity contribution >= 4 is 35.1 Å². The first kappa shape index (κ1) is 15.9. The highest BCUT2D eigenvalue weighted by Crippen LogP contribution is 2.30. The van der Waals surface area contributed by atoms with Gasteiger partial charge in [-0.15, -0.1) is 0 Å². The molecule has 0 bridgehead atoms. The van der Waals surface area contributed by atoms with Crippen LogP contribution in [-0.4, -0.2) is 40.6 Å². The molecule has 1 aliphatic rings. The molecule has 1 aromatic carbocycles. The van der Waals surface area contributed by atoms with Crippen LogP contribution in [-0.2, 0) is 9.59 Å². The largest absolute Gasteiger partial charge is 0.482 e. The molecule has 1 N–H and O–H groups in total. The van der Waals surface area contributed by atoms with Crippen molar-refractivity contribution in [3.8, 4) is 5.75 Å². The van der Waals surface area contributed by atoms with Crippen LogP contribution in [0.4, 0.5) is 0 Å². The van der Waals surface area contributed by atoms with E-state index in [0.717, 1.165) is 12.8 Å². The zero-order valence-corrected chi connectivity index (χ0v) is 12.9. The lowest BCUT2D eigenvalue weighted by Crippen LogP contribution is -2.46. The number of carboxylic acid groups (broad SMARTS) is 1. The standard InChI is InChI=1S/C14H15Cl2NO4/c1-8(14(19)20)17(10-3-4-10)13(18)7-21-12-6-9(15)2-5-11(12)16/h2,5-6,8,10H,3-4,7H2,1H3,(H,19,20). The Morgan fingerprint density at radius 3 is 2.67 bits per heavy atom. The topological polar surface area (TPSA) is 66.8 Å². The smallest absolute Gasteiger partial charge is 0.326 e. The number of ether oxygens (including phenoxy) is 1. The molecule has 0 aliphatic heterocycles. The molecule has 7 heteroatoms. The Balaban J connectivity index is 2.02. The second kappa shape index (κ2) is 6.54. The zero-order chi connectivity index (χ0) is 15.6. The van der Waals surface area contributed by atoms with Crippen LogP contribution in [0, 0.1) is 0 Å². The minimum atomic E-state index is -1.03. The number of rotatable bonds is 6. The summed E-state index contributed by atoms with van der Waals surface area (Å²) in [5.41, 5.74) is 0. The van der Waals surface area contributed by atoms with Gasteiger partial charge in [-0.2, -0.15) is 0 Å². The molecule has 21 heavy (non-hydrogen) atoms. The fourth-order valence-corrected chi connectivity index (χ4v) is 2.34. The van der Waals surface area contributed by atoms with E-state index >= 15 is 0 Å². The lowest BCUT2D eigenvalue weighted by atomic mass is 10.2. The summed E-state index contributed by atoms with van der Waals surface area (Å²) in [5, 5.41) is 9.86. The average molecular weight is 332 g/mol. The maximum absolute atomic E-state index is 12.2. The number of benzene rings is 1. The normalized spacial score (nSPS) is 15.4. The maximum atomic E-state index is 12.2. The average Bonchev–Trinajstić information content (AvgIpc) is 3.24. The van der Waals surface area contributed by atoms with Crippen molar-refractivity contribution in [2.24, 2.45) is 0 Å². The molecule has 0 spiro atoms. The Labute approximate surface area is 132 Å². The highest BCUT2D eigenvalue weighted by molar-refractivity contribution is 6.34. The van der Waals surface area contributed by atoms with Gasteiger partial charge in [-0.25, -0.2) is 4.79 Å². The summed E-state index contributed by atoms with van der Waals surface area (Å²) >= 11 is 11.8. The van der Waals surface area contributed by atoms with Gasteiger partial charge < -0.3 is 14.7 Å². The van der Waals surface area contributed by atoms with Crippen molar-refractivity contribution in [3.05, 3.63) is 28.2 Å². The van der Waals surface area contributed by atoms with E-state index < -0.39 is 12.0 Å². The molecule has 1 amide bonds. The summed E-state index contributed by atoms with van der Waals surface area (Å²) in [5.74, 6) is -1.10. The summed E-state index contributed by atoms with van der Waals surface area (Å²) in [6.07, 6.45) is 1.64. The van der Waals surface area contributed by atoms with E-state index in [1.165, 1.54) is 17.9 Å². The third kappa shape index (κ3) is 4.02. The molecule has 114 valence electrons. The quantitative estimate of drug-likeness (QED) is 0.870. The van der Waals surface area contributed by atoms with Crippen molar-refractivity contribution in [1.82, 2.24) is 4.90 Å².